The molecule has 9 nitrogen and oxygen atoms in total. The van der Waals surface area contributed by atoms with Gasteiger partial charge in [0.15, 0.2) is 0 Å². The predicted molar refractivity (Wildman–Crippen MR) is 126 cm³/mol. The summed E-state index contributed by atoms with van der Waals surface area (Å²) < 4.78 is 32.5. The van der Waals surface area contributed by atoms with Crippen LogP contribution in [0, 0.1) is 0 Å². The van der Waals surface area contributed by atoms with E-state index in [1.54, 1.807) is 24.3 Å². The molecule has 32 heavy (non-hydrogen) atoms. The Morgan fingerprint density at radius 2 is 1.62 bits per heavy atom. The van der Waals surface area contributed by atoms with Crippen LogP contribution in [0.1, 0.15) is 26.2 Å². The quantitative estimate of drug-likeness (QED) is 0.558. The van der Waals surface area contributed by atoms with Gasteiger partial charge in [-0.05, 0) is 55.7 Å². The number of benzene rings is 2. The van der Waals surface area contributed by atoms with E-state index >= 15 is 0 Å². The Labute approximate surface area is 188 Å². The van der Waals surface area contributed by atoms with Gasteiger partial charge in [0, 0.05) is 43.1 Å². The molecule has 3 N–H and O–H groups in total. The maximum absolute atomic E-state index is 12.4. The van der Waals surface area contributed by atoms with E-state index in [0.717, 1.165) is 31.6 Å². The first-order valence-corrected chi connectivity index (χ1v) is 12.0. The lowest BCUT2D eigenvalue weighted by molar-refractivity contribution is -0.114. The highest BCUT2D eigenvalue weighted by Crippen LogP contribution is 2.28. The van der Waals surface area contributed by atoms with Gasteiger partial charge in [-0.25, -0.2) is 8.42 Å². The Hall–Kier alpha value is -3.27. The monoisotopic (exact) mass is 460 g/mol. The van der Waals surface area contributed by atoms with E-state index < -0.39 is 21.7 Å². The van der Waals surface area contributed by atoms with E-state index in [-0.39, 0.29) is 5.91 Å². The summed E-state index contributed by atoms with van der Waals surface area (Å²) in [4.78, 5) is 25.8. The average Bonchev–Trinajstić information content (AvgIpc) is 2.75. The molecule has 10 heteroatoms. The molecule has 172 valence electrons. The van der Waals surface area contributed by atoms with Crippen LogP contribution in [0.3, 0.4) is 0 Å². The van der Waals surface area contributed by atoms with Crippen LogP contribution in [0.15, 0.2) is 42.5 Å². The molecule has 1 heterocycles. The van der Waals surface area contributed by atoms with Gasteiger partial charge in [0.2, 0.25) is 21.8 Å². The van der Waals surface area contributed by atoms with E-state index in [9.17, 15) is 18.0 Å². The number of hydrogen-bond acceptors (Lipinski definition) is 6. The summed E-state index contributed by atoms with van der Waals surface area (Å²) in [5.41, 5.74) is 2.25. The minimum atomic E-state index is -3.90. The molecule has 0 spiro atoms. The van der Waals surface area contributed by atoms with Crippen molar-refractivity contribution in [1.29, 1.82) is 0 Å². The van der Waals surface area contributed by atoms with E-state index in [2.05, 4.69) is 20.3 Å². The number of amides is 2. The zero-order valence-electron chi connectivity index (χ0n) is 18.2. The number of carbonyl (C=O) groups is 2. The summed E-state index contributed by atoms with van der Waals surface area (Å²) >= 11 is 0. The van der Waals surface area contributed by atoms with Crippen molar-refractivity contribution in [3.63, 3.8) is 0 Å². The van der Waals surface area contributed by atoms with Crippen LogP contribution in [-0.2, 0) is 19.6 Å². The minimum Gasteiger partial charge on any atom is -0.494 e. The van der Waals surface area contributed by atoms with E-state index in [0.29, 0.717) is 22.8 Å². The Balaban J connectivity index is 1.59. The predicted octanol–water partition coefficient (Wildman–Crippen LogP) is 3.02. The summed E-state index contributed by atoms with van der Waals surface area (Å²) in [7, 11) is -2.47. The second-order valence-electron chi connectivity index (χ2n) is 7.60. The summed E-state index contributed by atoms with van der Waals surface area (Å²) in [5, 5.41) is 5.14. The standard InChI is InChI=1S/C22H28N4O5S/c1-16(27)23-20-11-8-18(14-21(20)31-2)24-22(28)15-32(29,30)25-17-6-9-19(10-7-17)26-12-4-3-5-13-26/h6-11,14,25H,3-5,12-13,15H2,1-2H3,(H,23,27)(H,24,28). The fourth-order valence-electron chi connectivity index (χ4n) is 3.54. The Morgan fingerprint density at radius 3 is 2.25 bits per heavy atom. The number of hydrogen-bond donors (Lipinski definition) is 3. The van der Waals surface area contributed by atoms with Gasteiger partial charge in [-0.1, -0.05) is 0 Å². The van der Waals surface area contributed by atoms with Crippen LogP contribution in [0.4, 0.5) is 22.7 Å². The molecule has 2 amide bonds. The van der Waals surface area contributed by atoms with Gasteiger partial charge in [0.1, 0.15) is 11.5 Å². The fraction of sp³-hybridized carbons (Fsp3) is 0.364. The van der Waals surface area contributed by atoms with Crippen molar-refractivity contribution in [3.8, 4) is 5.75 Å². The molecular weight excluding hydrogens is 432 g/mol. The number of piperidine rings is 1. The summed E-state index contributed by atoms with van der Waals surface area (Å²) in [6, 6.07) is 11.8. The van der Waals surface area contributed by atoms with Crippen molar-refractivity contribution < 1.29 is 22.7 Å². The first-order chi connectivity index (χ1) is 15.3. The molecule has 0 unspecified atom stereocenters. The van der Waals surface area contributed by atoms with Crippen LogP contribution >= 0.6 is 0 Å². The van der Waals surface area contributed by atoms with Gasteiger partial charge in [0.25, 0.3) is 0 Å². The smallest absolute Gasteiger partial charge is 0.241 e. The highest BCUT2D eigenvalue weighted by molar-refractivity contribution is 7.93. The van der Waals surface area contributed by atoms with Crippen molar-refractivity contribution in [2.45, 2.75) is 26.2 Å². The van der Waals surface area contributed by atoms with Crippen LogP contribution in [0.5, 0.6) is 5.75 Å². The molecule has 0 aromatic heterocycles. The summed E-state index contributed by atoms with van der Waals surface area (Å²) in [6.07, 6.45) is 3.55. The highest BCUT2D eigenvalue weighted by atomic mass is 32.2. The molecule has 2 aromatic rings. The number of nitrogens with one attached hydrogen (secondary N) is 3. The van der Waals surface area contributed by atoms with Gasteiger partial charge in [-0.15, -0.1) is 0 Å². The maximum atomic E-state index is 12.4. The normalized spacial score (nSPS) is 13.9. The molecule has 0 bridgehead atoms. The van der Waals surface area contributed by atoms with Crippen molar-refractivity contribution >= 4 is 44.6 Å². The maximum Gasteiger partial charge on any atom is 0.241 e. The topological polar surface area (TPSA) is 117 Å². The number of methoxy groups -OCH3 is 1. The molecule has 0 aliphatic carbocycles. The number of carbonyl (C=O) groups excluding carboxylic acids is 2. The van der Waals surface area contributed by atoms with Gasteiger partial charge in [-0.2, -0.15) is 0 Å². The van der Waals surface area contributed by atoms with Crippen LogP contribution in [0.25, 0.3) is 0 Å². The zero-order valence-corrected chi connectivity index (χ0v) is 19.0. The highest BCUT2D eigenvalue weighted by Gasteiger charge is 2.18. The second-order valence-corrected chi connectivity index (χ2v) is 9.32. The second kappa shape index (κ2) is 10.4. The van der Waals surface area contributed by atoms with Gasteiger partial charge in [-0.3, -0.25) is 14.3 Å². The van der Waals surface area contributed by atoms with E-state index in [1.165, 1.54) is 26.5 Å². The summed E-state index contributed by atoms with van der Waals surface area (Å²) in [5.74, 6) is -1.36. The van der Waals surface area contributed by atoms with Crippen molar-refractivity contribution in [1.82, 2.24) is 0 Å². The van der Waals surface area contributed by atoms with Crippen molar-refractivity contribution in [3.05, 3.63) is 42.5 Å². The minimum absolute atomic E-state index is 0.263. The third-order valence-corrected chi connectivity index (χ3v) is 6.17. The molecule has 1 aliphatic heterocycles. The molecule has 0 radical (unpaired) electrons. The van der Waals surface area contributed by atoms with Gasteiger partial charge in [0.05, 0.1) is 12.8 Å². The molecule has 0 atom stereocenters. The number of anilines is 4. The van der Waals surface area contributed by atoms with Crippen LogP contribution < -0.4 is 25.0 Å². The van der Waals surface area contributed by atoms with Crippen LogP contribution in [0.2, 0.25) is 0 Å². The average molecular weight is 461 g/mol. The van der Waals surface area contributed by atoms with E-state index in [4.69, 9.17) is 4.74 Å². The van der Waals surface area contributed by atoms with Gasteiger partial charge >= 0.3 is 0 Å². The molecule has 0 saturated carbocycles. The Kier molecular flexibility index (Phi) is 7.57. The number of rotatable bonds is 8. The SMILES string of the molecule is COc1cc(NC(=O)CS(=O)(=O)Nc2ccc(N3CCCCC3)cc2)ccc1NC(C)=O. The Bertz CT molecular complexity index is 1060. The lowest BCUT2D eigenvalue weighted by atomic mass is 10.1. The molecule has 1 saturated heterocycles. The lowest BCUT2D eigenvalue weighted by Gasteiger charge is -2.28. The van der Waals surface area contributed by atoms with Crippen molar-refractivity contribution in [2.24, 2.45) is 0 Å². The Morgan fingerprint density at radius 1 is 0.969 bits per heavy atom. The fourth-order valence-corrected chi connectivity index (χ4v) is 4.52. The first kappa shape index (κ1) is 23.4. The molecule has 1 fully saturated rings. The molecule has 2 aromatic carbocycles. The lowest BCUT2D eigenvalue weighted by Crippen LogP contribution is -2.29. The third-order valence-electron chi connectivity index (χ3n) is 4.98. The number of nitrogens with zero attached hydrogens (tertiary/aromatic N) is 1. The largest absolute Gasteiger partial charge is 0.494 e. The zero-order chi connectivity index (χ0) is 23.1. The van der Waals surface area contributed by atoms with Crippen LogP contribution in [-0.4, -0.2) is 46.2 Å². The number of ether oxygens (including phenoxy) is 1. The first-order valence-electron chi connectivity index (χ1n) is 10.4. The number of sulfonamides is 1. The third kappa shape index (κ3) is 6.61. The summed E-state index contributed by atoms with van der Waals surface area (Å²) in [6.45, 7) is 3.37. The van der Waals surface area contributed by atoms with E-state index in [1.807, 2.05) is 12.1 Å². The molecule has 3 rings (SSSR count). The molecule has 1 aliphatic rings. The molecular formula is C22H28N4O5S. The van der Waals surface area contributed by atoms with Crippen molar-refractivity contribution in [2.75, 3.05) is 46.2 Å². The van der Waals surface area contributed by atoms with Gasteiger partial charge < -0.3 is 20.3 Å².